The largest absolute Gasteiger partial charge is 0.416 e. The van der Waals surface area contributed by atoms with Gasteiger partial charge in [-0.05, 0) is 31.2 Å². The van der Waals surface area contributed by atoms with Gasteiger partial charge in [0.25, 0.3) is 0 Å². The number of alkyl halides is 3. The molecule has 1 aromatic carbocycles. The van der Waals surface area contributed by atoms with Crippen LogP contribution >= 0.6 is 0 Å². The second kappa shape index (κ2) is 4.97. The number of H-pyrrole nitrogens is 1. The van der Waals surface area contributed by atoms with Crippen molar-refractivity contribution in [2.75, 3.05) is 6.54 Å². The van der Waals surface area contributed by atoms with Crippen molar-refractivity contribution >= 4 is 11.0 Å². The van der Waals surface area contributed by atoms with Crippen LogP contribution in [0, 0.1) is 0 Å². The predicted octanol–water partition coefficient (Wildman–Crippen LogP) is 3.08. The summed E-state index contributed by atoms with van der Waals surface area (Å²) in [6.45, 7) is 3.43. The van der Waals surface area contributed by atoms with E-state index in [-0.39, 0.29) is 0 Å². The third-order valence-electron chi connectivity index (χ3n) is 2.58. The van der Waals surface area contributed by atoms with E-state index in [9.17, 15) is 13.2 Å². The molecule has 98 valence electrons. The van der Waals surface area contributed by atoms with E-state index >= 15 is 0 Å². The van der Waals surface area contributed by atoms with Crippen LogP contribution in [0.25, 0.3) is 11.0 Å². The molecule has 18 heavy (non-hydrogen) atoms. The standard InChI is InChI=1S/C12H14F3N3/c1-2-5-16-7-11-17-9-4-3-8(12(13,14)15)6-10(9)18-11/h3-4,6,16H,2,5,7H2,1H3,(H,17,18). The number of hydrogen-bond acceptors (Lipinski definition) is 2. The molecule has 0 bridgehead atoms. The van der Waals surface area contributed by atoms with Crippen LogP contribution in [0.1, 0.15) is 24.7 Å². The number of nitrogens with zero attached hydrogens (tertiary/aromatic N) is 1. The number of benzene rings is 1. The summed E-state index contributed by atoms with van der Waals surface area (Å²) < 4.78 is 37.6. The molecule has 3 nitrogen and oxygen atoms in total. The summed E-state index contributed by atoms with van der Waals surface area (Å²) in [5, 5.41) is 3.14. The van der Waals surface area contributed by atoms with Gasteiger partial charge in [0.1, 0.15) is 5.82 Å². The highest BCUT2D eigenvalue weighted by molar-refractivity contribution is 5.76. The average molecular weight is 257 g/mol. The number of aromatic nitrogens is 2. The topological polar surface area (TPSA) is 40.7 Å². The Morgan fingerprint density at radius 3 is 2.78 bits per heavy atom. The number of rotatable bonds is 4. The highest BCUT2D eigenvalue weighted by atomic mass is 19.4. The number of fused-ring (bicyclic) bond motifs is 1. The molecule has 0 aliphatic rings. The predicted molar refractivity (Wildman–Crippen MR) is 63.1 cm³/mol. The zero-order chi connectivity index (χ0) is 13.2. The summed E-state index contributed by atoms with van der Waals surface area (Å²) in [4.78, 5) is 7.12. The lowest BCUT2D eigenvalue weighted by Gasteiger charge is -2.05. The van der Waals surface area contributed by atoms with Crippen LogP contribution in [0.2, 0.25) is 0 Å². The van der Waals surface area contributed by atoms with E-state index in [1.165, 1.54) is 6.07 Å². The molecule has 0 aliphatic heterocycles. The number of imidazole rings is 1. The van der Waals surface area contributed by atoms with Gasteiger partial charge in [-0.15, -0.1) is 0 Å². The maximum Gasteiger partial charge on any atom is 0.416 e. The molecule has 0 aliphatic carbocycles. The molecule has 0 saturated heterocycles. The lowest BCUT2D eigenvalue weighted by atomic mass is 10.2. The Morgan fingerprint density at radius 2 is 2.11 bits per heavy atom. The summed E-state index contributed by atoms with van der Waals surface area (Å²) in [6, 6.07) is 3.52. The minimum absolute atomic E-state index is 0.415. The molecule has 0 spiro atoms. The van der Waals surface area contributed by atoms with E-state index in [1.807, 2.05) is 6.92 Å². The third kappa shape index (κ3) is 2.81. The molecule has 2 aromatic rings. The SMILES string of the molecule is CCCNCc1nc2ccc(C(F)(F)F)cc2[nH]1. The van der Waals surface area contributed by atoms with Gasteiger partial charge in [-0.2, -0.15) is 13.2 Å². The molecule has 6 heteroatoms. The van der Waals surface area contributed by atoms with Crippen molar-refractivity contribution in [2.24, 2.45) is 0 Å². The Labute approximate surface area is 102 Å². The number of halogens is 3. The summed E-state index contributed by atoms with van der Waals surface area (Å²) in [7, 11) is 0. The van der Waals surface area contributed by atoms with Gasteiger partial charge in [0.15, 0.2) is 0 Å². The first-order valence-electron chi connectivity index (χ1n) is 5.77. The van der Waals surface area contributed by atoms with Crippen LogP contribution < -0.4 is 5.32 Å². The van der Waals surface area contributed by atoms with Gasteiger partial charge in [0.2, 0.25) is 0 Å². The first-order chi connectivity index (χ1) is 8.50. The van der Waals surface area contributed by atoms with Gasteiger partial charge in [0.05, 0.1) is 23.1 Å². The Balaban J connectivity index is 2.23. The Morgan fingerprint density at radius 1 is 1.33 bits per heavy atom. The Kier molecular flexibility index (Phi) is 3.56. The van der Waals surface area contributed by atoms with Crippen molar-refractivity contribution in [2.45, 2.75) is 26.1 Å². The quantitative estimate of drug-likeness (QED) is 0.826. The first kappa shape index (κ1) is 12.9. The fourth-order valence-corrected chi connectivity index (χ4v) is 1.71. The van der Waals surface area contributed by atoms with E-state index in [2.05, 4.69) is 15.3 Å². The summed E-state index contributed by atoms with van der Waals surface area (Å²) in [5.41, 5.74) is 0.307. The molecule has 0 fully saturated rings. The molecule has 0 radical (unpaired) electrons. The van der Waals surface area contributed by atoms with E-state index in [0.717, 1.165) is 25.1 Å². The lowest BCUT2D eigenvalue weighted by Crippen LogP contribution is -2.14. The molecule has 0 unspecified atom stereocenters. The van der Waals surface area contributed by atoms with Crippen molar-refractivity contribution in [1.29, 1.82) is 0 Å². The van der Waals surface area contributed by atoms with E-state index in [0.29, 0.717) is 23.4 Å². The zero-order valence-electron chi connectivity index (χ0n) is 9.93. The van der Waals surface area contributed by atoms with Gasteiger partial charge >= 0.3 is 6.18 Å². The van der Waals surface area contributed by atoms with Gasteiger partial charge < -0.3 is 10.3 Å². The van der Waals surface area contributed by atoms with Crippen molar-refractivity contribution in [3.8, 4) is 0 Å². The van der Waals surface area contributed by atoms with Gasteiger partial charge in [-0.1, -0.05) is 6.92 Å². The van der Waals surface area contributed by atoms with Crippen LogP contribution in [0.5, 0.6) is 0 Å². The van der Waals surface area contributed by atoms with Crippen LogP contribution in [-0.2, 0) is 12.7 Å². The van der Waals surface area contributed by atoms with Crippen molar-refractivity contribution in [3.63, 3.8) is 0 Å². The number of aromatic amines is 1. The van der Waals surface area contributed by atoms with Crippen LogP contribution in [0.4, 0.5) is 13.2 Å². The highest BCUT2D eigenvalue weighted by Gasteiger charge is 2.30. The van der Waals surface area contributed by atoms with E-state index in [4.69, 9.17) is 0 Å². The molecule has 1 heterocycles. The molecular weight excluding hydrogens is 243 g/mol. The normalized spacial score (nSPS) is 12.2. The second-order valence-electron chi connectivity index (χ2n) is 4.09. The highest BCUT2D eigenvalue weighted by Crippen LogP contribution is 2.30. The van der Waals surface area contributed by atoms with Crippen molar-refractivity contribution in [3.05, 3.63) is 29.6 Å². The van der Waals surface area contributed by atoms with Gasteiger partial charge in [-0.25, -0.2) is 4.98 Å². The van der Waals surface area contributed by atoms with E-state index < -0.39 is 11.7 Å². The molecule has 2 rings (SSSR count). The van der Waals surface area contributed by atoms with Crippen molar-refractivity contribution in [1.82, 2.24) is 15.3 Å². The van der Waals surface area contributed by atoms with Crippen molar-refractivity contribution < 1.29 is 13.2 Å². The summed E-state index contributed by atoms with van der Waals surface area (Å²) >= 11 is 0. The Bertz CT molecular complexity index is 531. The molecule has 0 atom stereocenters. The van der Waals surface area contributed by atoms with Crippen LogP contribution in [0.3, 0.4) is 0 Å². The summed E-state index contributed by atoms with van der Waals surface area (Å²) in [6.07, 6.45) is -3.32. The smallest absolute Gasteiger partial charge is 0.341 e. The van der Waals surface area contributed by atoms with Crippen LogP contribution in [-0.4, -0.2) is 16.5 Å². The van der Waals surface area contributed by atoms with Gasteiger partial charge in [-0.3, -0.25) is 0 Å². The lowest BCUT2D eigenvalue weighted by molar-refractivity contribution is -0.137. The number of nitrogens with one attached hydrogen (secondary N) is 2. The van der Waals surface area contributed by atoms with Crippen LogP contribution in [0.15, 0.2) is 18.2 Å². The molecule has 0 amide bonds. The second-order valence-corrected chi connectivity index (χ2v) is 4.09. The maximum absolute atomic E-state index is 12.5. The molecular formula is C12H14F3N3. The number of hydrogen-bond donors (Lipinski definition) is 2. The third-order valence-corrected chi connectivity index (χ3v) is 2.58. The fraction of sp³-hybridized carbons (Fsp3) is 0.417. The fourth-order valence-electron chi connectivity index (χ4n) is 1.71. The zero-order valence-corrected chi connectivity index (χ0v) is 9.93. The molecule has 1 aromatic heterocycles. The average Bonchev–Trinajstić information content (AvgIpc) is 2.69. The molecule has 2 N–H and O–H groups in total. The minimum atomic E-state index is -4.32. The maximum atomic E-state index is 12.5. The Hall–Kier alpha value is -1.56. The van der Waals surface area contributed by atoms with E-state index in [1.54, 1.807) is 0 Å². The van der Waals surface area contributed by atoms with Gasteiger partial charge in [0, 0.05) is 0 Å². The summed E-state index contributed by atoms with van der Waals surface area (Å²) in [5.74, 6) is 0.651. The molecule has 0 saturated carbocycles. The minimum Gasteiger partial charge on any atom is -0.341 e. The first-order valence-corrected chi connectivity index (χ1v) is 5.77. The monoisotopic (exact) mass is 257 g/mol.